The number of imidazole rings is 1. The predicted molar refractivity (Wildman–Crippen MR) is 160 cm³/mol. The first-order valence-corrected chi connectivity index (χ1v) is 14.6. The standard InChI is InChI=1S/C32H42N6O2/c1-8-20-17-37(18(2)27(20)33)31(39)22-13-23-28(25(15-22)40-7)36(6)30(34-23)24-14-21-11-12-26(32(3,4)5)35-29(21)38(24)16-19-9-10-19/h11-15,18-20,27H,8-10,16-17,33H2,1-7H3. The third kappa shape index (κ3) is 4.37. The maximum atomic E-state index is 13.7. The lowest BCUT2D eigenvalue weighted by Crippen LogP contribution is -2.41. The number of aromatic nitrogens is 4. The molecule has 8 nitrogen and oxygen atoms in total. The topological polar surface area (TPSA) is 91.2 Å². The van der Waals surface area contributed by atoms with Gasteiger partial charge in [0.05, 0.1) is 18.3 Å². The van der Waals surface area contributed by atoms with Crippen molar-refractivity contribution in [2.75, 3.05) is 13.7 Å². The third-order valence-electron chi connectivity index (χ3n) is 9.09. The zero-order valence-electron chi connectivity index (χ0n) is 24.9. The van der Waals surface area contributed by atoms with Crippen LogP contribution < -0.4 is 10.5 Å². The van der Waals surface area contributed by atoms with E-state index in [2.05, 4.69) is 55.0 Å². The fourth-order valence-electron chi connectivity index (χ4n) is 6.27. The summed E-state index contributed by atoms with van der Waals surface area (Å²) < 4.78 is 10.3. The lowest BCUT2D eigenvalue weighted by atomic mass is 9.91. The van der Waals surface area contributed by atoms with Gasteiger partial charge in [0.15, 0.2) is 5.82 Å². The molecule has 3 unspecified atom stereocenters. The number of nitrogens with zero attached hydrogens (tertiary/aromatic N) is 5. The molecule has 3 atom stereocenters. The van der Waals surface area contributed by atoms with Crippen molar-refractivity contribution < 1.29 is 9.53 Å². The lowest BCUT2D eigenvalue weighted by molar-refractivity contribution is 0.0739. The zero-order valence-corrected chi connectivity index (χ0v) is 24.9. The van der Waals surface area contributed by atoms with Gasteiger partial charge in [-0.1, -0.05) is 34.1 Å². The average molecular weight is 543 g/mol. The Labute approximate surface area is 236 Å². The predicted octanol–water partition coefficient (Wildman–Crippen LogP) is 5.50. The van der Waals surface area contributed by atoms with Gasteiger partial charge >= 0.3 is 0 Å². The Morgan fingerprint density at radius 3 is 2.52 bits per heavy atom. The van der Waals surface area contributed by atoms with E-state index in [1.807, 2.05) is 31.0 Å². The maximum absolute atomic E-state index is 13.7. The quantitative estimate of drug-likeness (QED) is 0.347. The van der Waals surface area contributed by atoms with E-state index in [9.17, 15) is 4.79 Å². The molecule has 1 aliphatic heterocycles. The van der Waals surface area contributed by atoms with Crippen LogP contribution in [0.4, 0.5) is 0 Å². The van der Waals surface area contributed by atoms with Crippen LogP contribution in [-0.2, 0) is 19.0 Å². The minimum atomic E-state index is -0.0366. The van der Waals surface area contributed by atoms with E-state index >= 15 is 0 Å². The number of methoxy groups -OCH3 is 1. The highest BCUT2D eigenvalue weighted by molar-refractivity contribution is 6.00. The molecule has 1 aromatic carbocycles. The van der Waals surface area contributed by atoms with Crippen molar-refractivity contribution in [3.63, 3.8) is 0 Å². The Hall–Kier alpha value is -3.39. The number of rotatable bonds is 6. The number of hydrogen-bond acceptors (Lipinski definition) is 5. The summed E-state index contributed by atoms with van der Waals surface area (Å²) >= 11 is 0. The number of fused-ring (bicyclic) bond motifs is 2. The molecule has 0 spiro atoms. The summed E-state index contributed by atoms with van der Waals surface area (Å²) in [6, 6.07) is 10.3. The number of aryl methyl sites for hydroxylation is 1. The van der Waals surface area contributed by atoms with E-state index in [4.69, 9.17) is 20.4 Å². The maximum Gasteiger partial charge on any atom is 0.254 e. The second kappa shape index (κ2) is 9.61. The molecule has 1 aliphatic carbocycles. The van der Waals surface area contributed by atoms with Crippen molar-refractivity contribution >= 4 is 28.0 Å². The van der Waals surface area contributed by atoms with E-state index in [1.54, 1.807) is 7.11 Å². The normalized spacial score (nSPS) is 21.6. The number of carbonyl (C=O) groups excluding carboxylic acids is 1. The number of benzene rings is 1. The SMILES string of the molecule is CCC1CN(C(=O)c2cc(OC)c3c(c2)nc(-c2cc4ccc(C(C)(C)C)nc4n2CC2CC2)n3C)C(C)C1N. The Morgan fingerprint density at radius 1 is 1.15 bits per heavy atom. The van der Waals surface area contributed by atoms with Crippen LogP contribution >= 0.6 is 0 Å². The van der Waals surface area contributed by atoms with Gasteiger partial charge in [0.1, 0.15) is 16.9 Å². The molecule has 2 fully saturated rings. The lowest BCUT2D eigenvalue weighted by Gasteiger charge is -2.23. The molecule has 3 aromatic heterocycles. The monoisotopic (exact) mass is 542 g/mol. The number of hydrogen-bond donors (Lipinski definition) is 1. The van der Waals surface area contributed by atoms with E-state index in [1.165, 1.54) is 12.8 Å². The number of ether oxygens (including phenoxy) is 1. The summed E-state index contributed by atoms with van der Waals surface area (Å²) in [7, 11) is 3.68. The van der Waals surface area contributed by atoms with Crippen LogP contribution in [0.2, 0.25) is 0 Å². The van der Waals surface area contributed by atoms with Gasteiger partial charge in [0.2, 0.25) is 0 Å². The van der Waals surface area contributed by atoms with Crippen molar-refractivity contribution in [1.82, 2.24) is 24.0 Å². The number of nitrogens with two attached hydrogens (primary N) is 1. The Morgan fingerprint density at radius 2 is 1.90 bits per heavy atom. The van der Waals surface area contributed by atoms with Gasteiger partial charge in [-0.2, -0.15) is 0 Å². The summed E-state index contributed by atoms with van der Waals surface area (Å²) in [6.07, 6.45) is 3.46. The van der Waals surface area contributed by atoms with Crippen molar-refractivity contribution in [2.45, 2.75) is 77.9 Å². The van der Waals surface area contributed by atoms with Crippen molar-refractivity contribution in [3.05, 3.63) is 41.6 Å². The summed E-state index contributed by atoms with van der Waals surface area (Å²) in [6.45, 7) is 12.4. The van der Waals surface area contributed by atoms with Crippen molar-refractivity contribution in [2.24, 2.45) is 24.6 Å². The number of carbonyl (C=O) groups is 1. The van der Waals surface area contributed by atoms with Gasteiger partial charge in [-0.3, -0.25) is 4.79 Å². The Bertz CT molecular complexity index is 1610. The molecule has 1 saturated carbocycles. The van der Waals surface area contributed by atoms with Crippen molar-refractivity contribution in [1.29, 1.82) is 0 Å². The summed E-state index contributed by atoms with van der Waals surface area (Å²) in [5.41, 5.74) is 11.7. The largest absolute Gasteiger partial charge is 0.494 e. The molecule has 40 heavy (non-hydrogen) atoms. The van der Waals surface area contributed by atoms with Gasteiger partial charge < -0.3 is 24.5 Å². The molecule has 4 aromatic rings. The first-order valence-electron chi connectivity index (χ1n) is 14.6. The number of likely N-dealkylation sites (tertiary alicyclic amines) is 1. The summed E-state index contributed by atoms with van der Waals surface area (Å²) in [5.74, 6) is 2.45. The summed E-state index contributed by atoms with van der Waals surface area (Å²) in [5, 5.41) is 1.11. The van der Waals surface area contributed by atoms with Crippen LogP contribution in [0, 0.1) is 11.8 Å². The van der Waals surface area contributed by atoms with Crippen LogP contribution in [0.1, 0.15) is 69.9 Å². The highest BCUT2D eigenvalue weighted by atomic mass is 16.5. The highest BCUT2D eigenvalue weighted by Crippen LogP contribution is 2.38. The molecule has 2 N–H and O–H groups in total. The molecule has 212 valence electrons. The van der Waals surface area contributed by atoms with Crippen LogP contribution in [0.3, 0.4) is 0 Å². The van der Waals surface area contributed by atoms with Gasteiger partial charge in [-0.25, -0.2) is 9.97 Å². The Kier molecular flexibility index (Phi) is 6.44. The van der Waals surface area contributed by atoms with E-state index in [0.29, 0.717) is 29.7 Å². The van der Waals surface area contributed by atoms with E-state index in [-0.39, 0.29) is 23.4 Å². The van der Waals surface area contributed by atoms with Crippen LogP contribution in [0.25, 0.3) is 33.6 Å². The van der Waals surface area contributed by atoms with Crippen LogP contribution in [-0.4, -0.2) is 55.6 Å². The van der Waals surface area contributed by atoms with Crippen LogP contribution in [0.5, 0.6) is 5.75 Å². The zero-order chi connectivity index (χ0) is 28.5. The Balaban J connectivity index is 1.47. The first-order chi connectivity index (χ1) is 19.0. The minimum absolute atomic E-state index is 0.0120. The summed E-state index contributed by atoms with van der Waals surface area (Å²) in [4.78, 5) is 25.9. The van der Waals surface area contributed by atoms with E-state index in [0.717, 1.165) is 52.2 Å². The molecule has 1 amide bonds. The van der Waals surface area contributed by atoms with Gasteiger partial charge in [-0.15, -0.1) is 0 Å². The van der Waals surface area contributed by atoms with Crippen molar-refractivity contribution in [3.8, 4) is 17.3 Å². The molecule has 4 heterocycles. The average Bonchev–Trinajstić information content (AvgIpc) is 3.51. The van der Waals surface area contributed by atoms with Gasteiger partial charge in [0, 0.05) is 54.3 Å². The first kappa shape index (κ1) is 26.8. The fraction of sp³-hybridized carbons (Fsp3) is 0.531. The molecule has 0 radical (unpaired) electrons. The second-order valence-electron chi connectivity index (χ2n) is 12.9. The second-order valence-corrected chi connectivity index (χ2v) is 12.9. The smallest absolute Gasteiger partial charge is 0.254 e. The van der Waals surface area contributed by atoms with E-state index < -0.39 is 0 Å². The van der Waals surface area contributed by atoms with Gasteiger partial charge in [0.25, 0.3) is 5.91 Å². The van der Waals surface area contributed by atoms with Crippen LogP contribution in [0.15, 0.2) is 30.3 Å². The highest BCUT2D eigenvalue weighted by Gasteiger charge is 2.39. The molecule has 8 heteroatoms. The number of pyridine rings is 1. The molecular formula is C32H42N6O2. The molecular weight excluding hydrogens is 500 g/mol. The molecule has 2 aliphatic rings. The molecule has 1 saturated heterocycles. The molecule has 6 rings (SSSR count). The van der Waals surface area contributed by atoms with Gasteiger partial charge in [-0.05, 0) is 61.9 Å². The third-order valence-corrected chi connectivity index (χ3v) is 9.09. The molecule has 0 bridgehead atoms. The fourth-order valence-corrected chi connectivity index (χ4v) is 6.27. The number of amides is 1. The minimum Gasteiger partial charge on any atom is -0.494 e.